The molecule has 2 heterocycles. The number of methoxy groups -OCH3 is 1. The van der Waals surface area contributed by atoms with E-state index in [-0.39, 0.29) is 5.69 Å². The molecular formula is C9H10N4O2S. The molecule has 0 radical (unpaired) electrons. The average Bonchev–Trinajstić information content (AvgIpc) is 2.61. The van der Waals surface area contributed by atoms with E-state index in [0.29, 0.717) is 17.2 Å². The Labute approximate surface area is 95.9 Å². The van der Waals surface area contributed by atoms with Crippen LogP contribution in [0.15, 0.2) is 23.1 Å². The number of nitrogens with zero attached hydrogens (tertiary/aromatic N) is 2. The molecule has 16 heavy (non-hydrogen) atoms. The maximum absolute atomic E-state index is 11.4. The minimum Gasteiger partial charge on any atom is -0.481 e. The summed E-state index contributed by atoms with van der Waals surface area (Å²) in [5.74, 6) is 0.510. The SMILES string of the molecule is COc1cc(Cn2c(=O)[nH][nH]c2=S)ccn1. The highest BCUT2D eigenvalue weighted by Crippen LogP contribution is 2.09. The molecule has 2 aromatic rings. The summed E-state index contributed by atoms with van der Waals surface area (Å²) >= 11 is 4.96. The summed E-state index contributed by atoms with van der Waals surface area (Å²) in [4.78, 5) is 15.3. The first-order chi connectivity index (χ1) is 7.70. The zero-order valence-corrected chi connectivity index (χ0v) is 9.37. The summed E-state index contributed by atoms with van der Waals surface area (Å²) in [5, 5.41) is 5.00. The van der Waals surface area contributed by atoms with Crippen molar-refractivity contribution in [1.29, 1.82) is 0 Å². The van der Waals surface area contributed by atoms with Gasteiger partial charge in [-0.2, -0.15) is 0 Å². The van der Waals surface area contributed by atoms with E-state index in [9.17, 15) is 4.79 Å². The maximum atomic E-state index is 11.4. The molecule has 2 N–H and O–H groups in total. The first-order valence-electron chi connectivity index (χ1n) is 4.57. The lowest BCUT2D eigenvalue weighted by Gasteiger charge is -2.03. The van der Waals surface area contributed by atoms with E-state index >= 15 is 0 Å². The average molecular weight is 238 g/mol. The minimum atomic E-state index is -0.263. The molecule has 2 rings (SSSR count). The molecule has 0 atom stereocenters. The van der Waals surface area contributed by atoms with E-state index in [2.05, 4.69) is 15.2 Å². The van der Waals surface area contributed by atoms with Gasteiger partial charge < -0.3 is 4.74 Å². The number of nitrogens with one attached hydrogen (secondary N) is 2. The highest BCUT2D eigenvalue weighted by Gasteiger charge is 2.02. The molecule has 0 aliphatic rings. The number of rotatable bonds is 3. The molecule has 7 heteroatoms. The van der Waals surface area contributed by atoms with Crippen LogP contribution in [-0.4, -0.2) is 26.9 Å². The van der Waals surface area contributed by atoms with Crippen LogP contribution in [0.2, 0.25) is 0 Å². The third kappa shape index (κ3) is 2.03. The lowest BCUT2D eigenvalue weighted by atomic mass is 10.2. The molecule has 0 saturated carbocycles. The van der Waals surface area contributed by atoms with E-state index in [0.717, 1.165) is 5.56 Å². The van der Waals surface area contributed by atoms with Gasteiger partial charge in [-0.05, 0) is 23.8 Å². The Morgan fingerprint density at radius 1 is 1.56 bits per heavy atom. The molecule has 6 nitrogen and oxygen atoms in total. The third-order valence-corrected chi connectivity index (χ3v) is 2.44. The van der Waals surface area contributed by atoms with Crippen LogP contribution < -0.4 is 10.4 Å². The summed E-state index contributed by atoms with van der Waals surface area (Å²) in [5.41, 5.74) is 0.633. The van der Waals surface area contributed by atoms with Crippen molar-refractivity contribution in [3.8, 4) is 5.88 Å². The van der Waals surface area contributed by atoms with Crippen LogP contribution in [0.4, 0.5) is 0 Å². The van der Waals surface area contributed by atoms with Gasteiger partial charge in [-0.15, -0.1) is 0 Å². The van der Waals surface area contributed by atoms with Crippen LogP contribution in [0.1, 0.15) is 5.56 Å². The molecule has 2 aromatic heterocycles. The number of aromatic nitrogens is 4. The summed E-state index contributed by atoms with van der Waals surface area (Å²) in [6, 6.07) is 3.56. The van der Waals surface area contributed by atoms with Crippen LogP contribution in [0.25, 0.3) is 0 Å². The number of ether oxygens (including phenoxy) is 1. The van der Waals surface area contributed by atoms with Crippen LogP contribution in [0.3, 0.4) is 0 Å². The number of pyridine rings is 1. The standard InChI is InChI=1S/C9H10N4O2S/c1-15-7-4-6(2-3-10-7)5-13-8(14)11-12-9(13)16/h2-4H,5H2,1H3,(H,11,14)(H,12,16). The lowest BCUT2D eigenvalue weighted by Crippen LogP contribution is -2.17. The topological polar surface area (TPSA) is 75.7 Å². The second-order valence-electron chi connectivity index (χ2n) is 3.15. The van der Waals surface area contributed by atoms with Crippen molar-refractivity contribution in [3.63, 3.8) is 0 Å². The van der Waals surface area contributed by atoms with Gasteiger partial charge in [0.2, 0.25) is 5.88 Å². The summed E-state index contributed by atoms with van der Waals surface area (Å²) in [6.07, 6.45) is 1.62. The second-order valence-corrected chi connectivity index (χ2v) is 3.54. The Bertz CT molecular complexity index is 570. The molecule has 0 aliphatic carbocycles. The predicted molar refractivity (Wildman–Crippen MR) is 60.1 cm³/mol. The van der Waals surface area contributed by atoms with E-state index in [1.165, 1.54) is 4.57 Å². The van der Waals surface area contributed by atoms with Gasteiger partial charge >= 0.3 is 5.69 Å². The summed E-state index contributed by atoms with van der Waals surface area (Å²) in [7, 11) is 1.54. The number of hydrogen-bond donors (Lipinski definition) is 2. The molecular weight excluding hydrogens is 228 g/mol. The first-order valence-corrected chi connectivity index (χ1v) is 4.98. The molecule has 84 valence electrons. The number of H-pyrrole nitrogens is 2. The molecule has 0 aromatic carbocycles. The Balaban J connectivity index is 2.34. The van der Waals surface area contributed by atoms with E-state index in [1.54, 1.807) is 25.4 Å². The molecule has 0 saturated heterocycles. The fourth-order valence-electron chi connectivity index (χ4n) is 1.32. The summed E-state index contributed by atoms with van der Waals surface area (Å²) < 4.78 is 6.78. The number of hydrogen-bond acceptors (Lipinski definition) is 4. The molecule has 0 aliphatic heterocycles. The molecule has 0 unspecified atom stereocenters. The van der Waals surface area contributed by atoms with Crippen LogP contribution in [-0.2, 0) is 6.54 Å². The maximum Gasteiger partial charge on any atom is 0.342 e. The van der Waals surface area contributed by atoms with Gasteiger partial charge in [0.15, 0.2) is 4.77 Å². The third-order valence-electron chi connectivity index (χ3n) is 2.12. The van der Waals surface area contributed by atoms with Gasteiger partial charge in [0.05, 0.1) is 13.7 Å². The molecule has 0 spiro atoms. The highest BCUT2D eigenvalue weighted by molar-refractivity contribution is 7.71. The van der Waals surface area contributed by atoms with E-state index in [4.69, 9.17) is 17.0 Å². The largest absolute Gasteiger partial charge is 0.481 e. The lowest BCUT2D eigenvalue weighted by molar-refractivity contribution is 0.397. The predicted octanol–water partition coefficient (Wildman–Crippen LogP) is 0.686. The number of aromatic amines is 2. The van der Waals surface area contributed by atoms with Gasteiger partial charge in [0, 0.05) is 12.3 Å². The van der Waals surface area contributed by atoms with E-state index < -0.39 is 0 Å². The smallest absolute Gasteiger partial charge is 0.342 e. The van der Waals surface area contributed by atoms with Crippen molar-refractivity contribution in [1.82, 2.24) is 19.7 Å². The van der Waals surface area contributed by atoms with Crippen molar-refractivity contribution in [2.24, 2.45) is 0 Å². The van der Waals surface area contributed by atoms with Crippen LogP contribution in [0, 0.1) is 4.77 Å². The monoisotopic (exact) mass is 238 g/mol. The van der Waals surface area contributed by atoms with Gasteiger partial charge in [0.25, 0.3) is 0 Å². The first kappa shape index (κ1) is 10.6. The Kier molecular flexibility index (Phi) is 2.86. The van der Waals surface area contributed by atoms with Crippen molar-refractivity contribution < 1.29 is 4.74 Å². The van der Waals surface area contributed by atoms with Gasteiger partial charge in [-0.3, -0.25) is 9.67 Å². The Morgan fingerprint density at radius 3 is 3.00 bits per heavy atom. The van der Waals surface area contributed by atoms with Gasteiger partial charge in [-0.1, -0.05) is 0 Å². The van der Waals surface area contributed by atoms with Gasteiger partial charge in [0.1, 0.15) is 0 Å². The fraction of sp³-hybridized carbons (Fsp3) is 0.222. The Morgan fingerprint density at radius 2 is 2.38 bits per heavy atom. The van der Waals surface area contributed by atoms with Crippen molar-refractivity contribution >= 4 is 12.2 Å². The van der Waals surface area contributed by atoms with E-state index in [1.807, 2.05) is 0 Å². The molecule has 0 bridgehead atoms. The molecule has 0 fully saturated rings. The van der Waals surface area contributed by atoms with Crippen LogP contribution >= 0.6 is 12.2 Å². The minimum absolute atomic E-state index is 0.263. The zero-order valence-electron chi connectivity index (χ0n) is 8.56. The van der Waals surface area contributed by atoms with Crippen LogP contribution in [0.5, 0.6) is 5.88 Å². The van der Waals surface area contributed by atoms with Crippen molar-refractivity contribution in [2.75, 3.05) is 7.11 Å². The summed E-state index contributed by atoms with van der Waals surface area (Å²) in [6.45, 7) is 0.385. The van der Waals surface area contributed by atoms with Crippen molar-refractivity contribution in [2.45, 2.75) is 6.54 Å². The quantitative estimate of drug-likeness (QED) is 0.771. The second kappa shape index (κ2) is 4.31. The normalized spacial score (nSPS) is 10.3. The Hall–Kier alpha value is -1.89. The van der Waals surface area contributed by atoms with Crippen molar-refractivity contribution in [3.05, 3.63) is 39.1 Å². The fourth-order valence-corrected chi connectivity index (χ4v) is 1.52. The van der Waals surface area contributed by atoms with Gasteiger partial charge in [-0.25, -0.2) is 14.9 Å². The molecule has 0 amide bonds. The highest BCUT2D eigenvalue weighted by atomic mass is 32.1. The zero-order chi connectivity index (χ0) is 11.5.